The van der Waals surface area contributed by atoms with E-state index < -0.39 is 16.1 Å². The quantitative estimate of drug-likeness (QED) is 0.607. The van der Waals surface area contributed by atoms with Crippen LogP contribution in [0.3, 0.4) is 0 Å². The highest BCUT2D eigenvalue weighted by Gasteiger charge is 2.31. The van der Waals surface area contributed by atoms with Crippen molar-refractivity contribution in [3.63, 3.8) is 0 Å². The molecule has 2 aromatic rings. The van der Waals surface area contributed by atoms with E-state index in [0.717, 1.165) is 34.5 Å². The molecule has 0 saturated heterocycles. The van der Waals surface area contributed by atoms with Gasteiger partial charge in [0, 0.05) is 11.6 Å². The number of anilines is 1. The van der Waals surface area contributed by atoms with Gasteiger partial charge < -0.3 is 10.1 Å². The van der Waals surface area contributed by atoms with Crippen molar-refractivity contribution < 1.29 is 17.9 Å². The average Bonchev–Trinajstić information content (AvgIpc) is 2.65. The second-order valence-corrected chi connectivity index (χ2v) is 9.23. The third-order valence-corrected chi connectivity index (χ3v) is 5.99. The number of nitrogens with one attached hydrogen (secondary N) is 1. The summed E-state index contributed by atoms with van der Waals surface area (Å²) < 4.78 is 31.4. The van der Waals surface area contributed by atoms with Crippen LogP contribution in [-0.2, 0) is 21.2 Å². The molecule has 0 aromatic heterocycles. The number of aryl methyl sites for hydroxylation is 2. The highest BCUT2D eigenvalue weighted by molar-refractivity contribution is 7.92. The van der Waals surface area contributed by atoms with Gasteiger partial charge in [0.15, 0.2) is 0 Å². The number of ether oxygens (including phenoxy) is 1. The van der Waals surface area contributed by atoms with Crippen molar-refractivity contribution in [3.8, 4) is 5.75 Å². The second-order valence-electron chi connectivity index (χ2n) is 6.93. The van der Waals surface area contributed by atoms with Crippen LogP contribution in [-0.4, -0.2) is 40.3 Å². The molecule has 0 saturated carbocycles. The Morgan fingerprint density at radius 2 is 1.86 bits per heavy atom. The van der Waals surface area contributed by atoms with Gasteiger partial charge in [0.25, 0.3) is 0 Å². The van der Waals surface area contributed by atoms with Crippen LogP contribution in [0.15, 0.2) is 42.5 Å². The van der Waals surface area contributed by atoms with Crippen LogP contribution in [0.25, 0.3) is 0 Å². The van der Waals surface area contributed by atoms with Crippen molar-refractivity contribution in [1.82, 2.24) is 5.32 Å². The summed E-state index contributed by atoms with van der Waals surface area (Å²) >= 11 is 5.88. The van der Waals surface area contributed by atoms with Crippen LogP contribution in [0.5, 0.6) is 5.75 Å². The van der Waals surface area contributed by atoms with E-state index >= 15 is 0 Å². The zero-order valence-electron chi connectivity index (χ0n) is 17.1. The lowest BCUT2D eigenvalue weighted by molar-refractivity contribution is -0.121. The van der Waals surface area contributed by atoms with Gasteiger partial charge in [-0.25, -0.2) is 8.42 Å². The van der Waals surface area contributed by atoms with Crippen LogP contribution >= 0.6 is 11.6 Å². The average molecular weight is 439 g/mol. The first-order valence-electron chi connectivity index (χ1n) is 9.29. The minimum absolute atomic E-state index is 0.346. The molecule has 0 spiro atoms. The zero-order valence-corrected chi connectivity index (χ0v) is 18.7. The van der Waals surface area contributed by atoms with Crippen molar-refractivity contribution in [1.29, 1.82) is 0 Å². The number of hydrogen-bond acceptors (Lipinski definition) is 4. The number of halogens is 1. The van der Waals surface area contributed by atoms with E-state index in [9.17, 15) is 13.2 Å². The minimum atomic E-state index is -3.71. The molecule has 0 aliphatic rings. The Labute approximate surface area is 177 Å². The van der Waals surface area contributed by atoms with Crippen molar-refractivity contribution >= 4 is 33.2 Å². The SMILES string of the molecule is COc1ccc(C)cc1N([C@H](C)C(=O)NCCCc1ccc(Cl)cc1)S(C)(=O)=O. The highest BCUT2D eigenvalue weighted by Crippen LogP contribution is 2.32. The number of methoxy groups -OCH3 is 1. The molecule has 158 valence electrons. The first-order valence-corrected chi connectivity index (χ1v) is 11.5. The van der Waals surface area contributed by atoms with Crippen LogP contribution in [0.4, 0.5) is 5.69 Å². The summed E-state index contributed by atoms with van der Waals surface area (Å²) in [5.74, 6) is 0.0264. The molecule has 1 N–H and O–H groups in total. The first kappa shape index (κ1) is 23.0. The molecule has 2 aromatic carbocycles. The monoisotopic (exact) mass is 438 g/mol. The second kappa shape index (κ2) is 9.98. The van der Waals surface area contributed by atoms with Gasteiger partial charge in [0.05, 0.1) is 19.1 Å². The smallest absolute Gasteiger partial charge is 0.243 e. The molecule has 0 unspecified atom stereocenters. The van der Waals surface area contributed by atoms with Crippen molar-refractivity contribution in [3.05, 3.63) is 58.6 Å². The molecule has 0 aliphatic carbocycles. The summed E-state index contributed by atoms with van der Waals surface area (Å²) in [5.41, 5.74) is 2.34. The van der Waals surface area contributed by atoms with Crippen molar-refractivity contribution in [2.24, 2.45) is 0 Å². The topological polar surface area (TPSA) is 75.7 Å². The van der Waals surface area contributed by atoms with Crippen molar-refractivity contribution in [2.75, 3.05) is 24.2 Å². The van der Waals surface area contributed by atoms with Crippen LogP contribution in [0.1, 0.15) is 24.5 Å². The fourth-order valence-corrected chi connectivity index (χ4v) is 4.35. The van der Waals surface area contributed by atoms with Crippen LogP contribution < -0.4 is 14.4 Å². The predicted octanol–water partition coefficient (Wildman–Crippen LogP) is 3.56. The molecule has 0 heterocycles. The molecule has 1 amide bonds. The van der Waals surface area contributed by atoms with E-state index in [4.69, 9.17) is 16.3 Å². The van der Waals surface area contributed by atoms with Crippen LogP contribution in [0, 0.1) is 6.92 Å². The fourth-order valence-electron chi connectivity index (χ4n) is 3.06. The highest BCUT2D eigenvalue weighted by atomic mass is 35.5. The molecule has 0 radical (unpaired) electrons. The number of hydrogen-bond donors (Lipinski definition) is 1. The predicted molar refractivity (Wildman–Crippen MR) is 117 cm³/mol. The maximum absolute atomic E-state index is 12.7. The maximum Gasteiger partial charge on any atom is 0.243 e. The lowest BCUT2D eigenvalue weighted by Crippen LogP contribution is -2.48. The van der Waals surface area contributed by atoms with Gasteiger partial charge in [-0.1, -0.05) is 29.8 Å². The normalized spacial score (nSPS) is 12.3. The third kappa shape index (κ3) is 6.37. The molecule has 29 heavy (non-hydrogen) atoms. The minimum Gasteiger partial charge on any atom is -0.495 e. The number of benzene rings is 2. The summed E-state index contributed by atoms with van der Waals surface area (Å²) in [4.78, 5) is 12.7. The number of sulfonamides is 1. The van der Waals surface area contributed by atoms with Gasteiger partial charge in [0.2, 0.25) is 15.9 Å². The number of amides is 1. The Morgan fingerprint density at radius 1 is 1.21 bits per heavy atom. The molecular weight excluding hydrogens is 412 g/mol. The molecule has 0 aliphatic heterocycles. The molecular formula is C21H27ClN2O4S. The Morgan fingerprint density at radius 3 is 2.45 bits per heavy atom. The summed E-state index contributed by atoms with van der Waals surface area (Å²) in [7, 11) is -2.24. The van der Waals surface area contributed by atoms with E-state index in [1.807, 2.05) is 37.3 Å². The van der Waals surface area contributed by atoms with Gasteiger partial charge in [-0.2, -0.15) is 0 Å². The molecule has 1 atom stereocenters. The van der Waals surface area contributed by atoms with E-state index in [1.165, 1.54) is 7.11 Å². The first-order chi connectivity index (χ1) is 13.6. The summed E-state index contributed by atoms with van der Waals surface area (Å²) in [6, 6.07) is 11.8. The van der Waals surface area contributed by atoms with E-state index in [2.05, 4.69) is 5.32 Å². The molecule has 0 fully saturated rings. The van der Waals surface area contributed by atoms with Gasteiger partial charge in [-0.3, -0.25) is 9.10 Å². The van der Waals surface area contributed by atoms with E-state index in [0.29, 0.717) is 23.0 Å². The lowest BCUT2D eigenvalue weighted by atomic mass is 10.1. The van der Waals surface area contributed by atoms with Gasteiger partial charge in [-0.05, 0) is 62.1 Å². The Hall–Kier alpha value is -2.25. The molecule has 8 heteroatoms. The van der Waals surface area contributed by atoms with Gasteiger partial charge in [-0.15, -0.1) is 0 Å². The zero-order chi connectivity index (χ0) is 21.6. The van der Waals surface area contributed by atoms with E-state index in [-0.39, 0.29) is 5.91 Å². The van der Waals surface area contributed by atoms with Crippen LogP contribution in [0.2, 0.25) is 5.02 Å². The number of carbonyl (C=O) groups excluding carboxylic acids is 1. The fraction of sp³-hybridized carbons (Fsp3) is 0.381. The van der Waals surface area contributed by atoms with Crippen molar-refractivity contribution in [2.45, 2.75) is 32.7 Å². The van der Waals surface area contributed by atoms with Gasteiger partial charge >= 0.3 is 0 Å². The molecule has 6 nitrogen and oxygen atoms in total. The Balaban J connectivity index is 2.07. The molecule has 2 rings (SSSR count). The lowest BCUT2D eigenvalue weighted by Gasteiger charge is -2.29. The maximum atomic E-state index is 12.7. The summed E-state index contributed by atoms with van der Waals surface area (Å²) in [6.07, 6.45) is 2.60. The van der Waals surface area contributed by atoms with Gasteiger partial charge in [0.1, 0.15) is 11.8 Å². The standard InChI is InChI=1S/C21H27ClN2O4S/c1-15-7-12-20(28-3)19(14-15)24(29(4,26)27)16(2)21(25)23-13-5-6-17-8-10-18(22)11-9-17/h7-12,14,16H,5-6,13H2,1-4H3,(H,23,25)/t16-/m1/s1. The Kier molecular flexibility index (Phi) is 7.93. The largest absolute Gasteiger partial charge is 0.495 e. The molecule has 0 bridgehead atoms. The number of nitrogens with zero attached hydrogens (tertiary/aromatic N) is 1. The Bertz CT molecular complexity index is 946. The number of carbonyl (C=O) groups is 1. The summed E-state index contributed by atoms with van der Waals surface area (Å²) in [6.45, 7) is 3.86. The summed E-state index contributed by atoms with van der Waals surface area (Å²) in [5, 5.41) is 3.51. The van der Waals surface area contributed by atoms with E-state index in [1.54, 1.807) is 19.1 Å². The third-order valence-electron chi connectivity index (χ3n) is 4.52. The number of rotatable bonds is 9.